The Hall–Kier alpha value is -4.75. The quantitative estimate of drug-likeness (QED) is 0.205. The molecule has 13 nitrogen and oxygen atoms in total. The monoisotopic (exact) mass is 606 g/mol. The first-order chi connectivity index (χ1) is 20.8. The molecule has 1 aliphatic heterocycles. The predicted octanol–water partition coefficient (Wildman–Crippen LogP) is 1.37. The number of fused-ring (bicyclic) bond motifs is 4. The maximum Gasteiger partial charge on any atom is 0.255 e. The minimum atomic E-state index is -2.69. The van der Waals surface area contributed by atoms with Gasteiger partial charge in [-0.2, -0.15) is 0 Å². The molecule has 1 heterocycles. The summed E-state index contributed by atoms with van der Waals surface area (Å²) in [6.45, 7) is 0.418. The number of primary amides is 1. The highest BCUT2D eigenvalue weighted by Crippen LogP contribution is 2.54. The van der Waals surface area contributed by atoms with Crippen molar-refractivity contribution < 1.29 is 44.3 Å². The van der Waals surface area contributed by atoms with E-state index in [0.29, 0.717) is 22.7 Å². The zero-order valence-electron chi connectivity index (χ0n) is 24.7. The number of nitrogens with two attached hydrogens (primary N) is 1. The summed E-state index contributed by atoms with van der Waals surface area (Å²) in [5, 5.41) is 49.2. The van der Waals surface area contributed by atoms with Crippen LogP contribution in [0.15, 0.2) is 41.2 Å². The van der Waals surface area contributed by atoms with Crippen LogP contribution in [0.3, 0.4) is 0 Å². The van der Waals surface area contributed by atoms with E-state index in [0.717, 1.165) is 5.56 Å². The lowest BCUT2D eigenvalue weighted by molar-refractivity contribution is -0.153. The van der Waals surface area contributed by atoms with Crippen LogP contribution in [-0.4, -0.2) is 89.4 Å². The van der Waals surface area contributed by atoms with Gasteiger partial charge in [-0.1, -0.05) is 6.07 Å². The number of anilines is 2. The fraction of sp³-hybridized carbons (Fsp3) is 0.387. The molecule has 7 N–H and O–H groups in total. The number of ether oxygens (including phenoxy) is 2. The summed E-state index contributed by atoms with van der Waals surface area (Å²) in [7, 11) is 6.75. The third-order valence-corrected chi connectivity index (χ3v) is 9.10. The van der Waals surface area contributed by atoms with E-state index >= 15 is 0 Å². The molecule has 44 heavy (non-hydrogen) atoms. The minimum Gasteiger partial charge on any atom is -0.508 e. The number of benzene rings is 2. The number of rotatable bonds is 6. The highest BCUT2D eigenvalue weighted by atomic mass is 16.7. The van der Waals surface area contributed by atoms with Gasteiger partial charge in [-0.15, -0.1) is 0 Å². The Balaban J connectivity index is 1.46. The lowest BCUT2D eigenvalue weighted by Gasteiger charge is -2.50. The molecule has 0 unspecified atom stereocenters. The first kappa shape index (κ1) is 29.3. The van der Waals surface area contributed by atoms with Crippen molar-refractivity contribution in [3.63, 3.8) is 0 Å². The average Bonchev–Trinajstić information content (AvgIpc) is 3.42. The molecule has 0 saturated heterocycles. The van der Waals surface area contributed by atoms with Gasteiger partial charge in [0, 0.05) is 37.8 Å². The smallest absolute Gasteiger partial charge is 0.255 e. The molecule has 4 atom stereocenters. The predicted molar refractivity (Wildman–Crippen MR) is 158 cm³/mol. The highest BCUT2D eigenvalue weighted by molar-refractivity contribution is 6.24. The Morgan fingerprint density at radius 2 is 1.80 bits per heavy atom. The number of Topliss-reactive ketones (excluding diaryl/α,β-unsaturated/α-hetero) is 2. The Labute approximate surface area is 252 Å². The van der Waals surface area contributed by atoms with Crippen LogP contribution in [-0.2, 0) is 27.3 Å². The van der Waals surface area contributed by atoms with Crippen LogP contribution in [0.2, 0.25) is 0 Å². The van der Waals surface area contributed by atoms with Crippen molar-refractivity contribution in [2.45, 2.75) is 31.0 Å². The maximum atomic E-state index is 14.1. The number of carbonyl (C=O) groups is 3. The zero-order chi connectivity index (χ0) is 31.8. The number of hydrogen-bond donors (Lipinski definition) is 6. The van der Waals surface area contributed by atoms with Gasteiger partial charge in [0.05, 0.1) is 17.3 Å². The SMILES string of the molecule is CN(C)c1cc(NCc2ccc3c(c2)OCO3)c(O)c2c1C[C@H]1C[C@H]3[C@H](N(C)C)C(=O)C(C(N)=O)=C(O)[C@@]3(O)C(=O)C1=C2O. The van der Waals surface area contributed by atoms with E-state index in [1.54, 1.807) is 26.2 Å². The number of nitrogens with zero attached hydrogens (tertiary/aromatic N) is 2. The number of aliphatic hydroxyl groups is 3. The first-order valence-corrected chi connectivity index (χ1v) is 14.1. The van der Waals surface area contributed by atoms with Crippen LogP contribution in [0, 0.1) is 11.8 Å². The second-order valence-corrected chi connectivity index (χ2v) is 12.0. The van der Waals surface area contributed by atoms with Gasteiger partial charge in [-0.05, 0) is 62.2 Å². The summed E-state index contributed by atoms with van der Waals surface area (Å²) >= 11 is 0. The van der Waals surface area contributed by atoms with Crippen LogP contribution in [0.4, 0.5) is 11.4 Å². The van der Waals surface area contributed by atoms with Crippen molar-refractivity contribution >= 4 is 34.6 Å². The van der Waals surface area contributed by atoms with Crippen molar-refractivity contribution in [3.8, 4) is 17.2 Å². The molecule has 232 valence electrons. The normalized spacial score (nSPS) is 25.5. The minimum absolute atomic E-state index is 0.0145. The van der Waals surface area contributed by atoms with Gasteiger partial charge in [-0.3, -0.25) is 19.3 Å². The van der Waals surface area contributed by atoms with Gasteiger partial charge < -0.3 is 45.9 Å². The second kappa shape index (κ2) is 10.2. The average molecular weight is 607 g/mol. The Morgan fingerprint density at radius 3 is 2.45 bits per heavy atom. The number of carbonyl (C=O) groups excluding carboxylic acids is 3. The van der Waals surface area contributed by atoms with Crippen molar-refractivity contribution in [1.29, 1.82) is 0 Å². The Morgan fingerprint density at radius 1 is 1.09 bits per heavy atom. The molecule has 2 aromatic carbocycles. The summed E-state index contributed by atoms with van der Waals surface area (Å²) in [5.74, 6) is -5.66. The molecule has 13 heteroatoms. The Bertz CT molecular complexity index is 1700. The van der Waals surface area contributed by atoms with E-state index < -0.39 is 58.0 Å². The van der Waals surface area contributed by atoms with Gasteiger partial charge in [-0.25, -0.2) is 0 Å². The summed E-state index contributed by atoms with van der Waals surface area (Å²) in [4.78, 5) is 42.9. The molecular weight excluding hydrogens is 572 g/mol. The van der Waals surface area contributed by atoms with Gasteiger partial charge in [0.25, 0.3) is 5.91 Å². The summed E-state index contributed by atoms with van der Waals surface area (Å²) in [5.41, 5.74) is 4.04. The van der Waals surface area contributed by atoms with Gasteiger partial charge in [0.15, 0.2) is 22.9 Å². The standard InChI is InChI=1S/C31H34N4O9/c1-34(2)18-10-17(33-11-13-5-6-19-20(7-13)44-12-43-19)25(36)22-15(18)8-14-9-16-24(35(3)4)27(38)23(30(32)41)29(40)31(16,42)28(39)21(14)26(22)37/h5-7,10,14,16,24,33,36-37,40,42H,8-9,11-12H2,1-4H3,(H2,32,41)/t14-,16-,24-,31-/m0/s1. The molecule has 0 spiro atoms. The Kier molecular flexibility index (Phi) is 6.78. The number of hydrogen-bond acceptors (Lipinski definition) is 12. The van der Waals surface area contributed by atoms with Gasteiger partial charge >= 0.3 is 0 Å². The van der Waals surface area contributed by atoms with Crippen LogP contribution >= 0.6 is 0 Å². The molecule has 0 radical (unpaired) electrons. The molecule has 4 aliphatic rings. The fourth-order valence-electron chi connectivity index (χ4n) is 7.07. The number of phenols is 1. The summed E-state index contributed by atoms with van der Waals surface area (Å²) in [6.07, 6.45) is 0.210. The third-order valence-electron chi connectivity index (χ3n) is 9.10. The number of amides is 1. The first-order valence-electron chi connectivity index (χ1n) is 14.1. The van der Waals surface area contributed by atoms with Crippen LogP contribution in [0.25, 0.3) is 5.76 Å². The van der Waals surface area contributed by atoms with E-state index in [2.05, 4.69) is 5.32 Å². The molecule has 0 aromatic heterocycles. The number of aliphatic hydroxyl groups excluding tert-OH is 2. The number of ketones is 2. The van der Waals surface area contributed by atoms with Crippen LogP contribution < -0.4 is 25.4 Å². The third kappa shape index (κ3) is 4.10. The lowest BCUT2D eigenvalue weighted by Crippen LogP contribution is -2.65. The van der Waals surface area contributed by atoms with Crippen molar-refractivity contribution in [2.24, 2.45) is 17.6 Å². The molecule has 1 amide bonds. The van der Waals surface area contributed by atoms with Crippen LogP contribution in [0.5, 0.6) is 17.2 Å². The molecule has 1 saturated carbocycles. The molecular formula is C31H34N4O9. The molecule has 3 aliphatic carbocycles. The number of nitrogens with one attached hydrogen (secondary N) is 1. The lowest BCUT2D eigenvalue weighted by atomic mass is 9.57. The largest absolute Gasteiger partial charge is 0.508 e. The number of phenolic OH excluding ortho intramolecular Hbond substituents is 1. The molecule has 6 rings (SSSR count). The molecule has 2 aromatic rings. The van der Waals surface area contributed by atoms with E-state index in [1.165, 1.54) is 4.90 Å². The van der Waals surface area contributed by atoms with E-state index in [1.807, 2.05) is 31.1 Å². The fourth-order valence-corrected chi connectivity index (χ4v) is 7.07. The van der Waals surface area contributed by atoms with Crippen molar-refractivity contribution in [1.82, 2.24) is 4.90 Å². The second-order valence-electron chi connectivity index (χ2n) is 12.0. The molecule has 1 fully saturated rings. The topological polar surface area (TPSA) is 195 Å². The van der Waals surface area contributed by atoms with Gasteiger partial charge in [0.1, 0.15) is 22.8 Å². The number of aromatic hydroxyl groups is 1. The van der Waals surface area contributed by atoms with Crippen molar-refractivity contribution in [2.75, 3.05) is 45.2 Å². The van der Waals surface area contributed by atoms with Crippen molar-refractivity contribution in [3.05, 3.63) is 57.9 Å². The highest BCUT2D eigenvalue weighted by Gasteiger charge is 2.64. The molecule has 0 bridgehead atoms. The zero-order valence-corrected chi connectivity index (χ0v) is 24.7. The number of likely N-dealkylation sites (N-methyl/N-ethyl adjacent to an activating group) is 1. The van der Waals surface area contributed by atoms with Crippen LogP contribution in [0.1, 0.15) is 23.1 Å². The van der Waals surface area contributed by atoms with E-state index in [4.69, 9.17) is 15.2 Å². The van der Waals surface area contributed by atoms with E-state index in [9.17, 15) is 34.8 Å². The van der Waals surface area contributed by atoms with E-state index in [-0.39, 0.29) is 48.8 Å². The summed E-state index contributed by atoms with van der Waals surface area (Å²) < 4.78 is 10.8. The van der Waals surface area contributed by atoms with Gasteiger partial charge in [0.2, 0.25) is 12.6 Å². The maximum absolute atomic E-state index is 14.1. The summed E-state index contributed by atoms with van der Waals surface area (Å²) in [6, 6.07) is 6.06.